The van der Waals surface area contributed by atoms with Crippen molar-refractivity contribution >= 4 is 23.3 Å². The van der Waals surface area contributed by atoms with Gasteiger partial charge in [-0.05, 0) is 45.4 Å². The molecule has 2 atom stereocenters. The first-order chi connectivity index (χ1) is 13.6. The van der Waals surface area contributed by atoms with Gasteiger partial charge in [-0.1, -0.05) is 12.8 Å². The van der Waals surface area contributed by atoms with E-state index in [1.54, 1.807) is 0 Å². The number of amides is 2. The monoisotopic (exact) mass is 387 g/mol. The molecule has 3 heterocycles. The molecule has 2 amide bonds. The fourth-order valence-electron chi connectivity index (χ4n) is 5.02. The number of aryl methyl sites for hydroxylation is 1. The fourth-order valence-corrected chi connectivity index (χ4v) is 5.02. The quantitative estimate of drug-likeness (QED) is 0.862. The molecule has 3 aliphatic rings. The van der Waals surface area contributed by atoms with Crippen LogP contribution in [0.25, 0.3) is 0 Å². The molecule has 0 unspecified atom stereocenters. The summed E-state index contributed by atoms with van der Waals surface area (Å²) in [6.07, 6.45) is 8.20. The predicted molar refractivity (Wildman–Crippen MR) is 109 cm³/mol. The van der Waals surface area contributed by atoms with E-state index < -0.39 is 0 Å². The van der Waals surface area contributed by atoms with Gasteiger partial charge in [-0.15, -0.1) is 0 Å². The molecule has 28 heavy (non-hydrogen) atoms. The summed E-state index contributed by atoms with van der Waals surface area (Å²) in [6.45, 7) is 5.67. The molecule has 0 radical (unpaired) electrons. The van der Waals surface area contributed by atoms with Crippen molar-refractivity contribution in [3.05, 3.63) is 5.69 Å². The lowest BCUT2D eigenvalue weighted by Gasteiger charge is -2.32. The molecule has 1 aromatic heterocycles. The van der Waals surface area contributed by atoms with Crippen LogP contribution in [-0.4, -0.2) is 52.7 Å². The Morgan fingerprint density at radius 3 is 2.21 bits per heavy atom. The number of likely N-dealkylation sites (tertiary alicyclic amines) is 1. The van der Waals surface area contributed by atoms with E-state index >= 15 is 0 Å². The van der Waals surface area contributed by atoms with E-state index in [0.29, 0.717) is 0 Å². The van der Waals surface area contributed by atoms with Crippen LogP contribution in [0.5, 0.6) is 0 Å². The standard InChI is InChI=1S/C21H33N5O2/c1-15-18(19(23-24(15)2)25-11-5-6-12-25)22-20(27)16-9-3-4-10-17(16)21(28)26-13-7-8-14-26/h16-17H,3-14H2,1-2H3,(H,22,27)/t16-,17+/m1/s1. The average molecular weight is 388 g/mol. The molecule has 2 saturated heterocycles. The summed E-state index contributed by atoms with van der Waals surface area (Å²) in [5.41, 5.74) is 1.79. The van der Waals surface area contributed by atoms with E-state index in [-0.39, 0.29) is 23.7 Å². The molecule has 0 spiro atoms. The highest BCUT2D eigenvalue weighted by atomic mass is 16.2. The summed E-state index contributed by atoms with van der Waals surface area (Å²) in [4.78, 5) is 30.6. The summed E-state index contributed by atoms with van der Waals surface area (Å²) in [5, 5.41) is 7.85. The third-order valence-electron chi connectivity index (χ3n) is 6.81. The maximum Gasteiger partial charge on any atom is 0.228 e. The molecule has 0 bridgehead atoms. The van der Waals surface area contributed by atoms with Crippen LogP contribution >= 0.6 is 0 Å². The van der Waals surface area contributed by atoms with Gasteiger partial charge in [-0.2, -0.15) is 5.10 Å². The predicted octanol–water partition coefficient (Wildman–Crippen LogP) is 2.70. The number of carbonyl (C=O) groups is 2. The van der Waals surface area contributed by atoms with Gasteiger partial charge in [0.05, 0.1) is 5.69 Å². The lowest BCUT2D eigenvalue weighted by molar-refractivity contribution is -0.141. The Hall–Kier alpha value is -2.05. The number of nitrogens with zero attached hydrogens (tertiary/aromatic N) is 4. The summed E-state index contributed by atoms with van der Waals surface area (Å²) >= 11 is 0. The molecule has 4 rings (SSSR count). The van der Waals surface area contributed by atoms with Crippen LogP contribution < -0.4 is 10.2 Å². The van der Waals surface area contributed by atoms with Crippen LogP contribution in [0.4, 0.5) is 11.5 Å². The minimum absolute atomic E-state index is 0.00575. The van der Waals surface area contributed by atoms with E-state index in [9.17, 15) is 9.59 Å². The van der Waals surface area contributed by atoms with Gasteiger partial charge in [0.1, 0.15) is 5.69 Å². The number of anilines is 2. The van der Waals surface area contributed by atoms with E-state index in [0.717, 1.165) is 94.7 Å². The van der Waals surface area contributed by atoms with Gasteiger partial charge in [-0.3, -0.25) is 14.3 Å². The normalized spacial score (nSPS) is 25.4. The Morgan fingerprint density at radius 2 is 1.54 bits per heavy atom. The Kier molecular flexibility index (Phi) is 5.60. The number of hydrogen-bond acceptors (Lipinski definition) is 4. The number of carbonyl (C=O) groups excluding carboxylic acids is 2. The first-order valence-electron chi connectivity index (χ1n) is 10.9. The highest BCUT2D eigenvalue weighted by molar-refractivity contribution is 5.98. The number of aromatic nitrogens is 2. The molecule has 1 aliphatic carbocycles. The van der Waals surface area contributed by atoms with Crippen LogP contribution in [0.3, 0.4) is 0 Å². The smallest absolute Gasteiger partial charge is 0.228 e. The number of rotatable bonds is 4. The van der Waals surface area contributed by atoms with Crippen molar-refractivity contribution in [2.24, 2.45) is 18.9 Å². The minimum atomic E-state index is -0.229. The summed E-state index contributed by atoms with van der Waals surface area (Å²) in [6, 6.07) is 0. The number of hydrogen-bond donors (Lipinski definition) is 1. The second-order valence-electron chi connectivity index (χ2n) is 8.62. The molecule has 0 aromatic carbocycles. The van der Waals surface area contributed by atoms with E-state index in [1.807, 2.05) is 23.6 Å². The van der Waals surface area contributed by atoms with Gasteiger partial charge in [0.25, 0.3) is 0 Å². The summed E-state index contributed by atoms with van der Waals surface area (Å²) < 4.78 is 1.84. The zero-order valence-electron chi connectivity index (χ0n) is 17.2. The van der Waals surface area contributed by atoms with Crippen LogP contribution in [0.15, 0.2) is 0 Å². The molecule has 3 fully saturated rings. The molecular weight excluding hydrogens is 354 g/mol. The lowest BCUT2D eigenvalue weighted by atomic mass is 9.77. The van der Waals surface area contributed by atoms with Gasteiger partial charge >= 0.3 is 0 Å². The largest absolute Gasteiger partial charge is 0.353 e. The molecule has 1 aromatic rings. The van der Waals surface area contributed by atoms with Crippen molar-refractivity contribution in [3.63, 3.8) is 0 Å². The summed E-state index contributed by atoms with van der Waals surface area (Å²) in [7, 11) is 1.92. The number of nitrogens with one attached hydrogen (secondary N) is 1. The second kappa shape index (κ2) is 8.13. The van der Waals surface area contributed by atoms with Crippen LogP contribution in [0.1, 0.15) is 57.1 Å². The third-order valence-corrected chi connectivity index (χ3v) is 6.81. The average Bonchev–Trinajstić information content (AvgIpc) is 3.46. The van der Waals surface area contributed by atoms with Crippen molar-refractivity contribution in [1.29, 1.82) is 0 Å². The SMILES string of the molecule is Cc1c(NC(=O)[C@@H]2CCCC[C@@H]2C(=O)N2CCCC2)c(N2CCCC2)nn1C. The van der Waals surface area contributed by atoms with Crippen molar-refractivity contribution in [1.82, 2.24) is 14.7 Å². The highest BCUT2D eigenvalue weighted by Gasteiger charge is 2.39. The van der Waals surface area contributed by atoms with Crippen LogP contribution in [0, 0.1) is 18.8 Å². The van der Waals surface area contributed by atoms with Gasteiger partial charge in [0.15, 0.2) is 5.82 Å². The van der Waals surface area contributed by atoms with E-state index in [1.165, 1.54) is 0 Å². The Morgan fingerprint density at radius 1 is 0.929 bits per heavy atom. The zero-order chi connectivity index (χ0) is 19.7. The first kappa shape index (κ1) is 19.3. The maximum atomic E-state index is 13.3. The van der Waals surface area contributed by atoms with E-state index in [2.05, 4.69) is 15.3 Å². The van der Waals surface area contributed by atoms with Gasteiger partial charge in [-0.25, -0.2) is 0 Å². The van der Waals surface area contributed by atoms with Crippen molar-refractivity contribution < 1.29 is 9.59 Å². The van der Waals surface area contributed by atoms with Crippen molar-refractivity contribution in [2.45, 2.75) is 58.3 Å². The van der Waals surface area contributed by atoms with Crippen molar-refractivity contribution in [2.75, 3.05) is 36.4 Å². The molecule has 1 N–H and O–H groups in total. The third kappa shape index (κ3) is 3.63. The molecule has 154 valence electrons. The fraction of sp³-hybridized carbons (Fsp3) is 0.762. The highest BCUT2D eigenvalue weighted by Crippen LogP contribution is 2.36. The Labute approximate surface area is 167 Å². The Bertz CT molecular complexity index is 731. The van der Waals surface area contributed by atoms with Crippen LogP contribution in [0.2, 0.25) is 0 Å². The van der Waals surface area contributed by atoms with Gasteiger partial charge < -0.3 is 15.1 Å². The van der Waals surface area contributed by atoms with Crippen molar-refractivity contribution in [3.8, 4) is 0 Å². The summed E-state index contributed by atoms with van der Waals surface area (Å²) in [5.74, 6) is 0.671. The lowest BCUT2D eigenvalue weighted by Crippen LogP contribution is -2.43. The molecule has 7 nitrogen and oxygen atoms in total. The van der Waals surface area contributed by atoms with E-state index in [4.69, 9.17) is 0 Å². The molecule has 7 heteroatoms. The minimum Gasteiger partial charge on any atom is -0.353 e. The van der Waals surface area contributed by atoms with Crippen LogP contribution in [-0.2, 0) is 16.6 Å². The maximum absolute atomic E-state index is 13.3. The first-order valence-corrected chi connectivity index (χ1v) is 10.9. The Balaban J connectivity index is 1.52. The van der Waals surface area contributed by atoms with Gasteiger partial charge in [0.2, 0.25) is 11.8 Å². The molecular formula is C21H33N5O2. The molecule has 2 aliphatic heterocycles. The topological polar surface area (TPSA) is 70.5 Å². The second-order valence-corrected chi connectivity index (χ2v) is 8.62. The molecule has 1 saturated carbocycles. The zero-order valence-corrected chi connectivity index (χ0v) is 17.2. The van der Waals surface area contributed by atoms with Gasteiger partial charge in [0, 0.05) is 45.1 Å².